The molecule has 0 bridgehead atoms. The van der Waals surface area contributed by atoms with Crippen molar-refractivity contribution >= 4 is 23.2 Å². The molecule has 6 heteroatoms. The number of carbonyl (C=O) groups is 2. The zero-order chi connectivity index (χ0) is 18.8. The van der Waals surface area contributed by atoms with Crippen LogP contribution in [0.3, 0.4) is 0 Å². The van der Waals surface area contributed by atoms with Crippen LogP contribution in [0.5, 0.6) is 0 Å². The first-order valence-electron chi connectivity index (χ1n) is 8.96. The van der Waals surface area contributed by atoms with Gasteiger partial charge in [-0.25, -0.2) is 4.98 Å². The van der Waals surface area contributed by atoms with Gasteiger partial charge in [0.15, 0.2) is 0 Å². The number of rotatable bonds is 4. The zero-order valence-corrected chi connectivity index (χ0v) is 16.5. The van der Waals surface area contributed by atoms with Crippen LogP contribution in [0.1, 0.15) is 48.7 Å². The van der Waals surface area contributed by atoms with Crippen molar-refractivity contribution in [1.82, 2.24) is 14.8 Å². The molecule has 1 unspecified atom stereocenters. The molecule has 1 fully saturated rings. The van der Waals surface area contributed by atoms with E-state index in [1.54, 1.807) is 29.3 Å². The summed E-state index contributed by atoms with van der Waals surface area (Å²) in [5.41, 5.74) is 2.72. The van der Waals surface area contributed by atoms with Gasteiger partial charge < -0.3 is 9.80 Å². The van der Waals surface area contributed by atoms with E-state index in [4.69, 9.17) is 0 Å². The number of hydrogen-bond acceptors (Lipinski definition) is 4. The summed E-state index contributed by atoms with van der Waals surface area (Å²) in [5.74, 6) is 0.318. The number of benzene rings is 1. The van der Waals surface area contributed by atoms with Crippen molar-refractivity contribution < 1.29 is 9.59 Å². The largest absolute Gasteiger partial charge is 0.347 e. The zero-order valence-electron chi connectivity index (χ0n) is 15.7. The maximum Gasteiger partial charge on any atom is 0.274 e. The van der Waals surface area contributed by atoms with Gasteiger partial charge in [0, 0.05) is 31.6 Å². The third kappa shape index (κ3) is 3.65. The highest BCUT2D eigenvalue weighted by Gasteiger charge is 2.36. The lowest BCUT2D eigenvalue weighted by molar-refractivity contribution is -0.132. The lowest BCUT2D eigenvalue weighted by atomic mass is 10.0. The number of likely N-dealkylation sites (N-methyl/N-ethyl adjacent to an activating group) is 1. The first kappa shape index (κ1) is 18.6. The van der Waals surface area contributed by atoms with Gasteiger partial charge in [-0.3, -0.25) is 9.59 Å². The Labute approximate surface area is 158 Å². The van der Waals surface area contributed by atoms with Crippen LogP contribution in [0.15, 0.2) is 29.6 Å². The van der Waals surface area contributed by atoms with Gasteiger partial charge in [0.25, 0.3) is 5.91 Å². The van der Waals surface area contributed by atoms with Crippen molar-refractivity contribution in [2.75, 3.05) is 20.6 Å². The molecule has 0 spiro atoms. The second-order valence-electron chi connectivity index (χ2n) is 7.20. The molecular formula is C20H25N3O2S. The van der Waals surface area contributed by atoms with Gasteiger partial charge in [-0.2, -0.15) is 0 Å². The molecule has 1 aromatic carbocycles. The Morgan fingerprint density at radius 3 is 2.54 bits per heavy atom. The molecule has 1 atom stereocenters. The van der Waals surface area contributed by atoms with E-state index in [9.17, 15) is 9.59 Å². The highest BCUT2D eigenvalue weighted by Crippen LogP contribution is 2.28. The number of aromatic nitrogens is 1. The summed E-state index contributed by atoms with van der Waals surface area (Å²) in [7, 11) is 3.45. The Bertz CT molecular complexity index is 796. The Hall–Kier alpha value is -2.21. The quantitative estimate of drug-likeness (QED) is 0.825. The van der Waals surface area contributed by atoms with E-state index in [1.807, 2.05) is 0 Å². The summed E-state index contributed by atoms with van der Waals surface area (Å²) < 4.78 is 0. The average Bonchev–Trinajstić information content (AvgIpc) is 3.30. The SMILES string of the molecule is CC(C)c1ccc(-c2nc(C(=O)N3CCCC3C(=O)N(C)C)cs2)cc1. The van der Waals surface area contributed by atoms with Crippen LogP contribution in [-0.4, -0.2) is 53.3 Å². The van der Waals surface area contributed by atoms with E-state index in [-0.39, 0.29) is 17.9 Å². The molecule has 2 heterocycles. The minimum absolute atomic E-state index is 0.0180. The maximum absolute atomic E-state index is 12.9. The molecule has 1 aromatic heterocycles. The van der Waals surface area contributed by atoms with E-state index in [2.05, 4.69) is 43.1 Å². The van der Waals surface area contributed by atoms with E-state index in [0.29, 0.717) is 18.2 Å². The van der Waals surface area contributed by atoms with Crippen molar-refractivity contribution in [2.24, 2.45) is 0 Å². The molecule has 2 amide bonds. The van der Waals surface area contributed by atoms with Gasteiger partial charge in [0.05, 0.1) is 0 Å². The summed E-state index contributed by atoms with van der Waals surface area (Å²) in [5, 5.41) is 2.63. The molecule has 26 heavy (non-hydrogen) atoms. The number of likely N-dealkylation sites (tertiary alicyclic amines) is 1. The number of hydrogen-bond donors (Lipinski definition) is 0. The van der Waals surface area contributed by atoms with Gasteiger partial charge >= 0.3 is 0 Å². The number of carbonyl (C=O) groups excluding carboxylic acids is 2. The Balaban J connectivity index is 1.78. The van der Waals surface area contributed by atoms with Crippen molar-refractivity contribution in [3.05, 3.63) is 40.9 Å². The van der Waals surface area contributed by atoms with E-state index < -0.39 is 0 Å². The molecule has 5 nitrogen and oxygen atoms in total. The molecule has 0 saturated carbocycles. The molecule has 0 N–H and O–H groups in total. The fraction of sp³-hybridized carbons (Fsp3) is 0.450. The summed E-state index contributed by atoms with van der Waals surface area (Å²) in [6, 6.07) is 7.95. The maximum atomic E-state index is 12.9. The van der Waals surface area contributed by atoms with Crippen LogP contribution in [0.2, 0.25) is 0 Å². The molecule has 138 valence electrons. The fourth-order valence-corrected chi connectivity index (χ4v) is 4.03. The smallest absolute Gasteiger partial charge is 0.274 e. The Morgan fingerprint density at radius 1 is 1.23 bits per heavy atom. The summed E-state index contributed by atoms with van der Waals surface area (Å²) in [4.78, 5) is 33.0. The van der Waals surface area contributed by atoms with Crippen LogP contribution in [0.25, 0.3) is 10.6 Å². The van der Waals surface area contributed by atoms with Gasteiger partial charge in [0.1, 0.15) is 16.7 Å². The predicted molar refractivity (Wildman–Crippen MR) is 104 cm³/mol. The fourth-order valence-electron chi connectivity index (χ4n) is 3.23. The van der Waals surface area contributed by atoms with Gasteiger partial charge in [-0.05, 0) is 24.3 Å². The highest BCUT2D eigenvalue weighted by molar-refractivity contribution is 7.13. The summed E-state index contributed by atoms with van der Waals surface area (Å²) in [6.07, 6.45) is 1.57. The van der Waals surface area contributed by atoms with Crippen molar-refractivity contribution in [3.63, 3.8) is 0 Å². The average molecular weight is 372 g/mol. The molecule has 1 aliphatic heterocycles. The van der Waals surface area contributed by atoms with Crippen LogP contribution < -0.4 is 0 Å². The topological polar surface area (TPSA) is 53.5 Å². The third-order valence-corrected chi connectivity index (χ3v) is 5.68. The third-order valence-electron chi connectivity index (χ3n) is 4.79. The molecule has 2 aromatic rings. The van der Waals surface area contributed by atoms with E-state index >= 15 is 0 Å². The first-order valence-corrected chi connectivity index (χ1v) is 9.84. The van der Waals surface area contributed by atoms with Crippen molar-refractivity contribution in [1.29, 1.82) is 0 Å². The van der Waals surface area contributed by atoms with Gasteiger partial charge in [0.2, 0.25) is 5.91 Å². The predicted octanol–water partition coefficient (Wildman–Crippen LogP) is 3.63. The van der Waals surface area contributed by atoms with Crippen LogP contribution >= 0.6 is 11.3 Å². The Kier molecular flexibility index (Phi) is 5.41. The van der Waals surface area contributed by atoms with Crippen LogP contribution in [-0.2, 0) is 4.79 Å². The summed E-state index contributed by atoms with van der Waals surface area (Å²) in [6.45, 7) is 4.94. The van der Waals surface area contributed by atoms with Gasteiger partial charge in [-0.15, -0.1) is 11.3 Å². The minimum atomic E-state index is -0.368. The normalized spacial score (nSPS) is 17.0. The molecule has 0 aliphatic carbocycles. The van der Waals surface area contributed by atoms with Crippen LogP contribution in [0, 0.1) is 0 Å². The monoisotopic (exact) mass is 371 g/mol. The standard InChI is InChI=1S/C20H25N3O2S/c1-13(2)14-7-9-15(10-8-14)18-21-16(12-26-18)19(24)23-11-5-6-17(23)20(25)22(3)4/h7-10,12-13,17H,5-6,11H2,1-4H3. The molecule has 1 aliphatic rings. The highest BCUT2D eigenvalue weighted by atomic mass is 32.1. The van der Waals surface area contributed by atoms with Crippen LogP contribution in [0.4, 0.5) is 0 Å². The number of nitrogens with zero attached hydrogens (tertiary/aromatic N) is 3. The Morgan fingerprint density at radius 2 is 1.92 bits per heavy atom. The number of thiazole rings is 1. The van der Waals surface area contributed by atoms with Gasteiger partial charge in [-0.1, -0.05) is 38.1 Å². The lowest BCUT2D eigenvalue weighted by Crippen LogP contribution is -2.45. The molecule has 1 saturated heterocycles. The molecule has 0 radical (unpaired) electrons. The lowest BCUT2D eigenvalue weighted by Gasteiger charge is -2.25. The van der Waals surface area contributed by atoms with Crippen molar-refractivity contribution in [3.8, 4) is 10.6 Å². The molecule has 3 rings (SSSR count). The molecular weight excluding hydrogens is 346 g/mol. The van der Waals surface area contributed by atoms with Crippen molar-refractivity contribution in [2.45, 2.75) is 38.6 Å². The first-order chi connectivity index (χ1) is 12.4. The second kappa shape index (κ2) is 7.58. The minimum Gasteiger partial charge on any atom is -0.347 e. The second-order valence-corrected chi connectivity index (χ2v) is 8.06. The van der Waals surface area contributed by atoms with E-state index in [0.717, 1.165) is 23.4 Å². The number of amides is 2. The summed E-state index contributed by atoms with van der Waals surface area (Å²) >= 11 is 1.47. The van der Waals surface area contributed by atoms with E-state index in [1.165, 1.54) is 16.9 Å².